The summed E-state index contributed by atoms with van der Waals surface area (Å²) in [7, 11) is 0. The summed E-state index contributed by atoms with van der Waals surface area (Å²) in [6, 6.07) is 2.28. The van der Waals surface area contributed by atoms with Crippen LogP contribution >= 0.6 is 0 Å². The van der Waals surface area contributed by atoms with Crippen molar-refractivity contribution in [3.63, 3.8) is 0 Å². The van der Waals surface area contributed by atoms with Gasteiger partial charge in [0.05, 0.1) is 25.5 Å². The monoisotopic (exact) mass is 263 g/mol. The highest BCUT2D eigenvalue weighted by atomic mass is 16.5. The first kappa shape index (κ1) is 12.8. The van der Waals surface area contributed by atoms with Crippen molar-refractivity contribution in [2.75, 3.05) is 26.4 Å². The quantitative estimate of drug-likeness (QED) is 0.819. The molecule has 2 aliphatic rings. The summed E-state index contributed by atoms with van der Waals surface area (Å²) in [6.45, 7) is 4.39. The molecule has 0 aromatic carbocycles. The second-order valence-electron chi connectivity index (χ2n) is 5.28. The van der Waals surface area contributed by atoms with E-state index in [1.54, 1.807) is 0 Å². The van der Waals surface area contributed by atoms with Gasteiger partial charge in [-0.25, -0.2) is 0 Å². The van der Waals surface area contributed by atoms with Gasteiger partial charge in [0, 0.05) is 31.9 Å². The first-order valence-corrected chi connectivity index (χ1v) is 6.98. The number of aromatic nitrogens is 2. The first-order chi connectivity index (χ1) is 9.36. The summed E-state index contributed by atoms with van der Waals surface area (Å²) in [4.78, 5) is 2.35. The van der Waals surface area contributed by atoms with Gasteiger partial charge in [0.15, 0.2) is 0 Å². The lowest BCUT2D eigenvalue weighted by molar-refractivity contribution is 0.106. The molecule has 0 spiro atoms. The summed E-state index contributed by atoms with van der Waals surface area (Å²) >= 11 is 0. The molecule has 0 fully saturated rings. The number of aryl methyl sites for hydroxylation is 1. The van der Waals surface area contributed by atoms with Crippen LogP contribution in [0, 0.1) is 0 Å². The molecule has 1 N–H and O–H groups in total. The van der Waals surface area contributed by atoms with Crippen LogP contribution in [0.1, 0.15) is 18.5 Å². The zero-order chi connectivity index (χ0) is 13.1. The minimum Gasteiger partial charge on any atom is -0.395 e. The van der Waals surface area contributed by atoms with Crippen LogP contribution in [0.2, 0.25) is 0 Å². The van der Waals surface area contributed by atoms with E-state index < -0.39 is 0 Å². The molecule has 3 heterocycles. The van der Waals surface area contributed by atoms with Gasteiger partial charge in [-0.3, -0.25) is 9.58 Å². The Morgan fingerprint density at radius 2 is 2.42 bits per heavy atom. The molecule has 104 valence electrons. The van der Waals surface area contributed by atoms with Crippen LogP contribution in [0.25, 0.3) is 0 Å². The van der Waals surface area contributed by atoms with E-state index in [0.717, 1.165) is 45.7 Å². The van der Waals surface area contributed by atoms with E-state index in [2.05, 4.69) is 26.8 Å². The van der Waals surface area contributed by atoms with Crippen LogP contribution < -0.4 is 0 Å². The predicted molar refractivity (Wildman–Crippen MR) is 71.6 cm³/mol. The maximum Gasteiger partial charge on any atom is 0.0689 e. The third-order valence-corrected chi connectivity index (χ3v) is 3.96. The molecule has 19 heavy (non-hydrogen) atoms. The van der Waals surface area contributed by atoms with Gasteiger partial charge >= 0.3 is 0 Å². The fourth-order valence-corrected chi connectivity index (χ4v) is 2.86. The number of hydrogen-bond donors (Lipinski definition) is 1. The minimum atomic E-state index is 0.207. The van der Waals surface area contributed by atoms with Crippen molar-refractivity contribution in [2.24, 2.45) is 0 Å². The van der Waals surface area contributed by atoms with Crippen molar-refractivity contribution >= 4 is 0 Å². The van der Waals surface area contributed by atoms with E-state index in [0.29, 0.717) is 0 Å². The van der Waals surface area contributed by atoms with E-state index in [9.17, 15) is 5.11 Å². The van der Waals surface area contributed by atoms with Crippen LogP contribution in [0.5, 0.6) is 0 Å². The van der Waals surface area contributed by atoms with E-state index in [4.69, 9.17) is 4.74 Å². The molecule has 5 heteroatoms. The molecule has 0 bridgehead atoms. The molecule has 3 rings (SSSR count). The number of fused-ring (bicyclic) bond motifs is 1. The van der Waals surface area contributed by atoms with Crippen LogP contribution in [0.3, 0.4) is 0 Å². The van der Waals surface area contributed by atoms with Gasteiger partial charge in [-0.05, 0) is 24.5 Å². The summed E-state index contributed by atoms with van der Waals surface area (Å²) in [5, 5.41) is 13.9. The smallest absolute Gasteiger partial charge is 0.0689 e. The average Bonchev–Trinajstić information content (AvgIpc) is 2.81. The van der Waals surface area contributed by atoms with Crippen molar-refractivity contribution in [3.8, 4) is 0 Å². The van der Waals surface area contributed by atoms with Crippen molar-refractivity contribution < 1.29 is 9.84 Å². The third kappa shape index (κ3) is 2.88. The normalized spacial score (nSPS) is 24.7. The Labute approximate surface area is 113 Å². The summed E-state index contributed by atoms with van der Waals surface area (Å²) in [5.74, 6) is 0. The lowest BCUT2D eigenvalue weighted by Gasteiger charge is -2.29. The minimum absolute atomic E-state index is 0.207. The SMILES string of the molecule is OC[C@H]1CCn2nccc2CN1CC1=CCCOC1. The lowest BCUT2D eigenvalue weighted by Crippen LogP contribution is -2.38. The van der Waals surface area contributed by atoms with Crippen LogP contribution in [0.15, 0.2) is 23.9 Å². The van der Waals surface area contributed by atoms with Gasteiger partial charge in [-0.2, -0.15) is 5.10 Å². The Balaban J connectivity index is 1.74. The molecule has 0 amide bonds. The largest absolute Gasteiger partial charge is 0.395 e. The number of hydrogen-bond acceptors (Lipinski definition) is 4. The van der Waals surface area contributed by atoms with Gasteiger partial charge < -0.3 is 9.84 Å². The second kappa shape index (κ2) is 5.86. The Morgan fingerprint density at radius 3 is 3.21 bits per heavy atom. The van der Waals surface area contributed by atoms with E-state index in [-0.39, 0.29) is 12.6 Å². The van der Waals surface area contributed by atoms with E-state index in [1.165, 1.54) is 11.3 Å². The predicted octanol–water partition coefficient (Wildman–Crippen LogP) is 0.796. The highest BCUT2D eigenvalue weighted by molar-refractivity contribution is 5.10. The zero-order valence-corrected chi connectivity index (χ0v) is 11.2. The Hall–Kier alpha value is -1.17. The Kier molecular flexibility index (Phi) is 3.96. The van der Waals surface area contributed by atoms with E-state index >= 15 is 0 Å². The van der Waals surface area contributed by atoms with Gasteiger partial charge in [0.25, 0.3) is 0 Å². The molecule has 0 saturated carbocycles. The fourth-order valence-electron chi connectivity index (χ4n) is 2.86. The number of aliphatic hydroxyl groups is 1. The molecular formula is C14H21N3O2. The van der Waals surface area contributed by atoms with Crippen LogP contribution in [-0.4, -0.2) is 52.2 Å². The van der Waals surface area contributed by atoms with Crippen molar-refractivity contribution in [1.29, 1.82) is 0 Å². The fraction of sp³-hybridized carbons (Fsp3) is 0.643. The van der Waals surface area contributed by atoms with Gasteiger partial charge in [0.1, 0.15) is 0 Å². The average molecular weight is 263 g/mol. The van der Waals surface area contributed by atoms with Crippen molar-refractivity contribution in [2.45, 2.75) is 32.0 Å². The molecular weight excluding hydrogens is 242 g/mol. The summed E-state index contributed by atoms with van der Waals surface area (Å²) in [6.07, 6.45) is 6.08. The van der Waals surface area contributed by atoms with Crippen LogP contribution in [0.4, 0.5) is 0 Å². The van der Waals surface area contributed by atoms with Gasteiger partial charge in [0.2, 0.25) is 0 Å². The number of aliphatic hydroxyl groups excluding tert-OH is 1. The molecule has 5 nitrogen and oxygen atoms in total. The molecule has 1 atom stereocenters. The standard InChI is InChI=1S/C14H21N3O2/c18-10-14-4-6-17-13(3-5-15-17)9-16(14)8-12-2-1-7-19-11-12/h2-3,5,14,18H,1,4,6-11H2/t14-/m1/s1. The topological polar surface area (TPSA) is 50.5 Å². The first-order valence-electron chi connectivity index (χ1n) is 6.98. The van der Waals surface area contributed by atoms with Crippen molar-refractivity contribution in [1.82, 2.24) is 14.7 Å². The third-order valence-electron chi connectivity index (χ3n) is 3.96. The maximum absolute atomic E-state index is 9.61. The highest BCUT2D eigenvalue weighted by Crippen LogP contribution is 2.19. The Bertz CT molecular complexity index is 455. The maximum atomic E-state index is 9.61. The molecule has 0 radical (unpaired) electrons. The number of rotatable bonds is 3. The van der Waals surface area contributed by atoms with Crippen LogP contribution in [-0.2, 0) is 17.8 Å². The Morgan fingerprint density at radius 1 is 1.47 bits per heavy atom. The lowest BCUT2D eigenvalue weighted by atomic mass is 10.1. The number of ether oxygens (including phenoxy) is 1. The van der Waals surface area contributed by atoms with Crippen molar-refractivity contribution in [3.05, 3.63) is 29.6 Å². The molecule has 0 unspecified atom stereocenters. The second-order valence-corrected chi connectivity index (χ2v) is 5.28. The zero-order valence-electron chi connectivity index (χ0n) is 11.2. The molecule has 0 aliphatic carbocycles. The molecule has 2 aliphatic heterocycles. The summed E-state index contributed by atoms with van der Waals surface area (Å²) in [5.41, 5.74) is 2.56. The van der Waals surface area contributed by atoms with E-state index in [1.807, 2.05) is 6.20 Å². The number of nitrogens with zero attached hydrogens (tertiary/aromatic N) is 3. The molecule has 0 saturated heterocycles. The van der Waals surface area contributed by atoms with Gasteiger partial charge in [-0.15, -0.1) is 0 Å². The highest BCUT2D eigenvalue weighted by Gasteiger charge is 2.24. The summed E-state index contributed by atoms with van der Waals surface area (Å²) < 4.78 is 7.55. The molecule has 1 aromatic heterocycles. The van der Waals surface area contributed by atoms with Gasteiger partial charge in [-0.1, -0.05) is 6.08 Å². The molecule has 1 aromatic rings.